The first-order chi connectivity index (χ1) is 7.75. The highest BCUT2D eigenvalue weighted by molar-refractivity contribution is 7.10. The molecule has 0 saturated carbocycles. The van der Waals surface area contributed by atoms with Gasteiger partial charge in [0.2, 0.25) is 0 Å². The molecule has 0 radical (unpaired) electrons. The molecule has 2 bridgehead atoms. The highest BCUT2D eigenvalue weighted by Gasteiger charge is 2.41. The van der Waals surface area contributed by atoms with E-state index in [2.05, 4.69) is 29.5 Å². The molecular weight excluding hydrogens is 218 g/mol. The van der Waals surface area contributed by atoms with Crippen LogP contribution < -0.4 is 0 Å². The normalized spacial score (nSPS) is 32.6. The molecule has 0 aromatic carbocycles. The fraction of sp³-hybridized carbons (Fsp3) is 0.462. The van der Waals surface area contributed by atoms with Gasteiger partial charge in [-0.25, -0.2) is 0 Å². The minimum absolute atomic E-state index is 0.360. The van der Waals surface area contributed by atoms with Gasteiger partial charge >= 0.3 is 0 Å². The van der Waals surface area contributed by atoms with Crippen LogP contribution in [0.3, 0.4) is 0 Å². The van der Waals surface area contributed by atoms with E-state index in [9.17, 15) is 4.79 Å². The molecule has 0 spiro atoms. The van der Waals surface area contributed by atoms with E-state index in [1.54, 1.807) is 11.3 Å². The van der Waals surface area contributed by atoms with Gasteiger partial charge in [0.15, 0.2) is 5.78 Å². The lowest BCUT2D eigenvalue weighted by Crippen LogP contribution is -2.41. The van der Waals surface area contributed by atoms with Gasteiger partial charge in [-0.1, -0.05) is 6.07 Å². The number of ketones is 1. The molecule has 0 unspecified atom stereocenters. The average Bonchev–Trinajstić information content (AvgIpc) is 2.83. The van der Waals surface area contributed by atoms with Gasteiger partial charge in [-0.2, -0.15) is 0 Å². The first-order valence-electron chi connectivity index (χ1n) is 5.76. The molecule has 0 aliphatic carbocycles. The van der Waals surface area contributed by atoms with Gasteiger partial charge in [0.05, 0.1) is 0 Å². The van der Waals surface area contributed by atoms with Crippen molar-refractivity contribution >= 4 is 23.2 Å². The number of carbonyl (C=O) groups is 1. The number of hydrogen-bond donors (Lipinski definition) is 0. The van der Waals surface area contributed by atoms with E-state index in [-0.39, 0.29) is 0 Å². The molecule has 1 aromatic rings. The number of thiophene rings is 1. The first-order valence-corrected chi connectivity index (χ1v) is 6.64. The third kappa shape index (κ3) is 1.55. The molecule has 16 heavy (non-hydrogen) atoms. The van der Waals surface area contributed by atoms with Crippen molar-refractivity contribution in [3.8, 4) is 0 Å². The minimum atomic E-state index is 0.360. The Kier molecular flexibility index (Phi) is 2.45. The number of fused-ring (bicyclic) bond motifs is 2. The van der Waals surface area contributed by atoms with Crippen LogP contribution >= 0.6 is 11.3 Å². The van der Waals surface area contributed by atoms with Crippen molar-refractivity contribution in [1.82, 2.24) is 4.90 Å². The summed E-state index contributed by atoms with van der Waals surface area (Å²) in [7, 11) is 2.15. The molecule has 0 amide bonds. The summed E-state index contributed by atoms with van der Waals surface area (Å²) in [5, 5.41) is 2.06. The average molecular weight is 233 g/mol. The number of carbonyl (C=O) groups excluding carboxylic acids is 1. The lowest BCUT2D eigenvalue weighted by molar-refractivity contribution is -0.118. The van der Waals surface area contributed by atoms with Crippen LogP contribution in [-0.4, -0.2) is 29.8 Å². The highest BCUT2D eigenvalue weighted by Crippen LogP contribution is 2.36. The predicted octanol–water partition coefficient (Wildman–Crippen LogP) is 2.57. The van der Waals surface area contributed by atoms with Crippen molar-refractivity contribution < 1.29 is 4.79 Å². The molecule has 84 valence electrons. The zero-order valence-electron chi connectivity index (χ0n) is 9.35. The predicted molar refractivity (Wildman–Crippen MR) is 66.5 cm³/mol. The number of piperidine rings is 1. The van der Waals surface area contributed by atoms with Gasteiger partial charge in [0, 0.05) is 29.0 Å². The van der Waals surface area contributed by atoms with E-state index >= 15 is 0 Å². The van der Waals surface area contributed by atoms with E-state index in [0.717, 1.165) is 12.0 Å². The summed E-state index contributed by atoms with van der Waals surface area (Å²) < 4.78 is 0. The van der Waals surface area contributed by atoms with E-state index in [1.807, 2.05) is 6.07 Å². The van der Waals surface area contributed by atoms with Crippen LogP contribution in [0.5, 0.6) is 0 Å². The smallest absolute Gasteiger partial charge is 0.162 e. The SMILES string of the molecule is CN1[C@H]2CC[C@@H]1/C(=C\c1cccs1)C(=O)C2. The van der Waals surface area contributed by atoms with Gasteiger partial charge < -0.3 is 0 Å². The van der Waals surface area contributed by atoms with Gasteiger partial charge in [-0.15, -0.1) is 11.3 Å². The van der Waals surface area contributed by atoms with Crippen LogP contribution in [0.15, 0.2) is 23.1 Å². The Labute approximate surface area is 99.6 Å². The molecule has 2 aliphatic heterocycles. The van der Waals surface area contributed by atoms with E-state index < -0.39 is 0 Å². The number of likely N-dealkylation sites (N-methyl/N-ethyl adjacent to an activating group) is 1. The molecule has 3 rings (SSSR count). The molecule has 3 heterocycles. The number of rotatable bonds is 1. The molecule has 0 N–H and O–H groups in total. The largest absolute Gasteiger partial charge is 0.296 e. The van der Waals surface area contributed by atoms with E-state index in [0.29, 0.717) is 24.3 Å². The van der Waals surface area contributed by atoms with Gasteiger partial charge in [0.25, 0.3) is 0 Å². The van der Waals surface area contributed by atoms with Crippen LogP contribution in [0.4, 0.5) is 0 Å². The molecule has 2 atom stereocenters. The van der Waals surface area contributed by atoms with Gasteiger partial charge in [-0.05, 0) is 37.4 Å². The number of hydrogen-bond acceptors (Lipinski definition) is 3. The van der Waals surface area contributed by atoms with Crippen LogP contribution in [0.25, 0.3) is 6.08 Å². The lowest BCUT2D eigenvalue weighted by Gasteiger charge is -2.32. The molecule has 2 nitrogen and oxygen atoms in total. The van der Waals surface area contributed by atoms with Crippen LogP contribution in [0.2, 0.25) is 0 Å². The Bertz CT molecular complexity index is 435. The third-order valence-electron chi connectivity index (χ3n) is 3.78. The summed E-state index contributed by atoms with van der Waals surface area (Å²) in [5.41, 5.74) is 1.03. The van der Waals surface area contributed by atoms with Crippen molar-refractivity contribution in [2.75, 3.05) is 7.05 Å². The van der Waals surface area contributed by atoms with Crippen molar-refractivity contribution in [2.45, 2.75) is 31.3 Å². The minimum Gasteiger partial charge on any atom is -0.296 e. The maximum Gasteiger partial charge on any atom is 0.162 e. The maximum absolute atomic E-state index is 12.0. The second kappa shape index (κ2) is 3.82. The van der Waals surface area contributed by atoms with E-state index in [4.69, 9.17) is 0 Å². The molecule has 3 heteroatoms. The second-order valence-corrected chi connectivity index (χ2v) is 5.63. The van der Waals surface area contributed by atoms with Gasteiger partial charge in [-0.3, -0.25) is 9.69 Å². The van der Waals surface area contributed by atoms with Crippen LogP contribution in [-0.2, 0) is 4.79 Å². The Hall–Kier alpha value is -0.930. The fourth-order valence-electron chi connectivity index (χ4n) is 2.85. The molecule has 2 aliphatic rings. The zero-order chi connectivity index (χ0) is 11.1. The summed E-state index contributed by atoms with van der Waals surface area (Å²) in [4.78, 5) is 15.6. The fourth-order valence-corrected chi connectivity index (χ4v) is 3.52. The third-order valence-corrected chi connectivity index (χ3v) is 4.60. The lowest BCUT2D eigenvalue weighted by atomic mass is 9.95. The van der Waals surface area contributed by atoms with Crippen molar-refractivity contribution in [1.29, 1.82) is 0 Å². The number of Topliss-reactive ketones (excluding diaryl/α,β-unsaturated/α-hetero) is 1. The van der Waals surface area contributed by atoms with Gasteiger partial charge in [0.1, 0.15) is 0 Å². The standard InChI is InChI=1S/C13H15NOS/c1-14-9-4-5-12(14)11(13(15)7-9)8-10-3-2-6-16-10/h2-3,6,8-9,12H,4-5,7H2,1H3/b11-8+/t9-,12+/m0/s1. The van der Waals surface area contributed by atoms with Crippen molar-refractivity contribution in [3.05, 3.63) is 28.0 Å². The van der Waals surface area contributed by atoms with Crippen LogP contribution in [0, 0.1) is 0 Å². The maximum atomic E-state index is 12.0. The Morgan fingerprint density at radius 2 is 2.38 bits per heavy atom. The quantitative estimate of drug-likeness (QED) is 0.695. The summed E-state index contributed by atoms with van der Waals surface area (Å²) >= 11 is 1.70. The Balaban J connectivity index is 1.97. The van der Waals surface area contributed by atoms with Crippen LogP contribution in [0.1, 0.15) is 24.1 Å². The Morgan fingerprint density at radius 3 is 3.12 bits per heavy atom. The van der Waals surface area contributed by atoms with E-state index in [1.165, 1.54) is 11.3 Å². The number of nitrogens with zero attached hydrogens (tertiary/aromatic N) is 1. The molecule has 2 fully saturated rings. The summed E-state index contributed by atoms with van der Waals surface area (Å²) in [6, 6.07) is 4.98. The zero-order valence-corrected chi connectivity index (χ0v) is 10.2. The topological polar surface area (TPSA) is 20.3 Å². The van der Waals surface area contributed by atoms with Crippen molar-refractivity contribution in [3.63, 3.8) is 0 Å². The molecule has 1 aromatic heterocycles. The summed E-state index contributed by atoms with van der Waals surface area (Å²) in [6.07, 6.45) is 5.12. The summed E-state index contributed by atoms with van der Waals surface area (Å²) in [6.45, 7) is 0. The van der Waals surface area contributed by atoms with Crippen molar-refractivity contribution in [2.24, 2.45) is 0 Å². The Morgan fingerprint density at radius 1 is 1.50 bits per heavy atom. The second-order valence-electron chi connectivity index (χ2n) is 4.65. The summed E-state index contributed by atoms with van der Waals surface area (Å²) in [5.74, 6) is 0.360. The molecular formula is C13H15NOS. The highest BCUT2D eigenvalue weighted by atomic mass is 32.1. The first kappa shape index (κ1) is 10.2. The monoisotopic (exact) mass is 233 g/mol. The molecule has 2 saturated heterocycles.